The first-order chi connectivity index (χ1) is 8.87. The summed E-state index contributed by atoms with van der Waals surface area (Å²) in [5.74, 6) is -0.585. The summed E-state index contributed by atoms with van der Waals surface area (Å²) in [5, 5.41) is 9.80. The van der Waals surface area contributed by atoms with Gasteiger partial charge in [-0.15, -0.1) is 0 Å². The van der Waals surface area contributed by atoms with Crippen LogP contribution in [0.2, 0.25) is 0 Å². The Bertz CT molecular complexity index is 528. The van der Waals surface area contributed by atoms with Crippen LogP contribution < -0.4 is 0 Å². The number of rotatable bonds is 2. The summed E-state index contributed by atoms with van der Waals surface area (Å²) in [6, 6.07) is 4.56. The lowest BCUT2D eigenvalue weighted by molar-refractivity contribution is -0.125. The molecule has 3 nitrogen and oxygen atoms in total. The van der Waals surface area contributed by atoms with E-state index in [2.05, 4.69) is 15.9 Å². The van der Waals surface area contributed by atoms with Crippen molar-refractivity contribution in [2.24, 2.45) is 0 Å². The molecule has 0 saturated carbocycles. The molecular weight excluding hydrogens is 313 g/mol. The molecule has 0 aromatic heterocycles. The van der Waals surface area contributed by atoms with Gasteiger partial charge in [-0.1, -0.05) is 15.9 Å². The van der Waals surface area contributed by atoms with Crippen LogP contribution in [0.1, 0.15) is 18.9 Å². The molecule has 2 rings (SSSR count). The average molecular weight is 328 g/mol. The number of carbonyl (C=O) groups is 1. The van der Waals surface area contributed by atoms with Crippen LogP contribution in [0.25, 0.3) is 6.08 Å². The van der Waals surface area contributed by atoms with Crippen LogP contribution in [-0.2, 0) is 4.79 Å². The van der Waals surface area contributed by atoms with Crippen molar-refractivity contribution < 1.29 is 14.3 Å². The van der Waals surface area contributed by atoms with Crippen LogP contribution in [0.4, 0.5) is 4.39 Å². The minimum atomic E-state index is -0.815. The SMILES string of the molecule is CC1(O)CCN(C(=O)/C=C/c2cc(Br)ccc2F)C1. The van der Waals surface area contributed by atoms with E-state index < -0.39 is 5.60 Å². The maximum Gasteiger partial charge on any atom is 0.246 e. The summed E-state index contributed by atoms with van der Waals surface area (Å²) < 4.78 is 14.2. The number of β-amino-alcohol motifs (C(OH)–C–C–N with tert-alkyl or cyclic N) is 1. The predicted octanol–water partition coefficient (Wildman–Crippen LogP) is 2.58. The number of benzene rings is 1. The summed E-state index contributed by atoms with van der Waals surface area (Å²) in [5.41, 5.74) is -0.460. The Morgan fingerprint density at radius 3 is 2.95 bits per heavy atom. The molecule has 1 atom stereocenters. The maximum absolute atomic E-state index is 13.5. The minimum absolute atomic E-state index is 0.211. The van der Waals surface area contributed by atoms with Crippen LogP contribution in [-0.4, -0.2) is 34.6 Å². The van der Waals surface area contributed by atoms with Crippen molar-refractivity contribution in [3.63, 3.8) is 0 Å². The Kier molecular flexibility index (Phi) is 4.06. The molecule has 5 heteroatoms. The Labute approximate surface area is 119 Å². The molecule has 0 bridgehead atoms. The molecule has 1 aliphatic heterocycles. The minimum Gasteiger partial charge on any atom is -0.388 e. The van der Waals surface area contributed by atoms with Crippen LogP contribution in [0.5, 0.6) is 0 Å². The van der Waals surface area contributed by atoms with Crippen molar-refractivity contribution in [2.45, 2.75) is 18.9 Å². The van der Waals surface area contributed by atoms with Gasteiger partial charge >= 0.3 is 0 Å². The number of hydrogen-bond donors (Lipinski definition) is 1. The van der Waals surface area contributed by atoms with Crippen LogP contribution in [0.15, 0.2) is 28.7 Å². The molecule has 1 aromatic carbocycles. The second kappa shape index (κ2) is 5.43. The van der Waals surface area contributed by atoms with Gasteiger partial charge in [-0.25, -0.2) is 4.39 Å². The fourth-order valence-corrected chi connectivity index (χ4v) is 2.42. The van der Waals surface area contributed by atoms with Gasteiger partial charge in [0.1, 0.15) is 5.82 Å². The van der Waals surface area contributed by atoms with E-state index in [9.17, 15) is 14.3 Å². The number of carbonyl (C=O) groups excluding carboxylic acids is 1. The smallest absolute Gasteiger partial charge is 0.246 e. The summed E-state index contributed by atoms with van der Waals surface area (Å²) >= 11 is 3.26. The van der Waals surface area contributed by atoms with Gasteiger partial charge < -0.3 is 10.0 Å². The van der Waals surface area contributed by atoms with Gasteiger partial charge in [-0.2, -0.15) is 0 Å². The monoisotopic (exact) mass is 327 g/mol. The highest BCUT2D eigenvalue weighted by atomic mass is 79.9. The highest BCUT2D eigenvalue weighted by Gasteiger charge is 2.32. The molecule has 1 saturated heterocycles. The first kappa shape index (κ1) is 14.2. The molecular formula is C14H15BrFNO2. The van der Waals surface area contributed by atoms with Crippen molar-refractivity contribution in [1.82, 2.24) is 4.90 Å². The summed E-state index contributed by atoms with van der Waals surface area (Å²) in [6.45, 7) is 2.55. The van der Waals surface area contributed by atoms with Gasteiger partial charge in [0.25, 0.3) is 0 Å². The number of hydrogen-bond acceptors (Lipinski definition) is 2. The van der Waals surface area contributed by atoms with E-state index in [0.717, 1.165) is 4.47 Å². The van der Waals surface area contributed by atoms with E-state index in [1.54, 1.807) is 24.0 Å². The Hall–Kier alpha value is -1.20. The standard InChI is InChI=1S/C14H15BrFNO2/c1-14(19)6-7-17(9-14)13(18)5-2-10-8-11(15)3-4-12(10)16/h2-5,8,19H,6-7,9H2,1H3/b5-2+. The van der Waals surface area contributed by atoms with E-state index >= 15 is 0 Å². The molecule has 1 fully saturated rings. The fraction of sp³-hybridized carbons (Fsp3) is 0.357. The molecule has 1 amide bonds. The second-order valence-corrected chi connectivity index (χ2v) is 5.92. The first-order valence-corrected chi connectivity index (χ1v) is 6.81. The van der Waals surface area contributed by atoms with E-state index in [-0.39, 0.29) is 11.7 Å². The van der Waals surface area contributed by atoms with Crippen LogP contribution in [0.3, 0.4) is 0 Å². The number of amides is 1. The van der Waals surface area contributed by atoms with E-state index in [1.807, 2.05) is 0 Å². The van der Waals surface area contributed by atoms with Crippen molar-refractivity contribution in [3.05, 3.63) is 40.1 Å². The summed E-state index contributed by atoms with van der Waals surface area (Å²) in [7, 11) is 0. The molecule has 1 aliphatic rings. The molecule has 1 aromatic rings. The lowest BCUT2D eigenvalue weighted by Gasteiger charge is -2.17. The molecule has 0 radical (unpaired) electrons. The average Bonchev–Trinajstić information content (AvgIpc) is 2.70. The van der Waals surface area contributed by atoms with Gasteiger partial charge in [-0.3, -0.25) is 4.79 Å². The quantitative estimate of drug-likeness (QED) is 0.848. The lowest BCUT2D eigenvalue weighted by atomic mass is 10.1. The Balaban J connectivity index is 2.06. The second-order valence-electron chi connectivity index (χ2n) is 5.01. The van der Waals surface area contributed by atoms with Gasteiger partial charge in [0.05, 0.1) is 5.60 Å². The topological polar surface area (TPSA) is 40.5 Å². The molecule has 1 heterocycles. The van der Waals surface area contributed by atoms with Crippen molar-refractivity contribution >= 4 is 27.9 Å². The maximum atomic E-state index is 13.5. The fourth-order valence-electron chi connectivity index (χ4n) is 2.04. The number of nitrogens with zero attached hydrogens (tertiary/aromatic N) is 1. The zero-order valence-electron chi connectivity index (χ0n) is 10.6. The summed E-state index contributed by atoms with van der Waals surface area (Å²) in [6.07, 6.45) is 3.36. The van der Waals surface area contributed by atoms with Crippen LogP contribution in [0, 0.1) is 5.82 Å². The Morgan fingerprint density at radius 1 is 1.58 bits per heavy atom. The van der Waals surface area contributed by atoms with Gasteiger partial charge in [-0.05, 0) is 37.6 Å². The highest BCUT2D eigenvalue weighted by molar-refractivity contribution is 9.10. The number of aliphatic hydroxyl groups is 1. The molecule has 1 N–H and O–H groups in total. The highest BCUT2D eigenvalue weighted by Crippen LogP contribution is 2.21. The van der Waals surface area contributed by atoms with Gasteiger partial charge in [0.15, 0.2) is 0 Å². The van der Waals surface area contributed by atoms with Crippen molar-refractivity contribution in [1.29, 1.82) is 0 Å². The van der Waals surface area contributed by atoms with Gasteiger partial charge in [0.2, 0.25) is 5.91 Å². The third kappa shape index (κ3) is 3.64. The summed E-state index contributed by atoms with van der Waals surface area (Å²) in [4.78, 5) is 13.5. The van der Waals surface area contributed by atoms with Crippen molar-refractivity contribution in [3.8, 4) is 0 Å². The zero-order chi connectivity index (χ0) is 14.0. The first-order valence-electron chi connectivity index (χ1n) is 6.02. The van der Waals surface area contributed by atoms with E-state index in [1.165, 1.54) is 18.2 Å². The number of likely N-dealkylation sites (tertiary alicyclic amines) is 1. The predicted molar refractivity (Wildman–Crippen MR) is 75.0 cm³/mol. The lowest BCUT2D eigenvalue weighted by Crippen LogP contribution is -2.32. The molecule has 0 aliphatic carbocycles. The molecule has 0 spiro atoms. The third-order valence-electron chi connectivity index (χ3n) is 3.13. The number of halogens is 2. The third-order valence-corrected chi connectivity index (χ3v) is 3.62. The molecule has 19 heavy (non-hydrogen) atoms. The molecule has 102 valence electrons. The van der Waals surface area contributed by atoms with E-state index in [0.29, 0.717) is 25.1 Å². The van der Waals surface area contributed by atoms with Gasteiger partial charge in [0, 0.05) is 29.2 Å². The Morgan fingerprint density at radius 2 is 2.32 bits per heavy atom. The van der Waals surface area contributed by atoms with Crippen LogP contribution >= 0.6 is 15.9 Å². The molecule has 1 unspecified atom stereocenters. The normalized spacial score (nSPS) is 23.3. The largest absolute Gasteiger partial charge is 0.388 e. The van der Waals surface area contributed by atoms with E-state index in [4.69, 9.17) is 0 Å². The van der Waals surface area contributed by atoms with Crippen molar-refractivity contribution in [2.75, 3.05) is 13.1 Å². The zero-order valence-corrected chi connectivity index (χ0v) is 12.2.